The van der Waals surface area contributed by atoms with E-state index in [0.717, 1.165) is 11.1 Å². The predicted molar refractivity (Wildman–Crippen MR) is 81.8 cm³/mol. The van der Waals surface area contributed by atoms with Crippen molar-refractivity contribution in [2.45, 2.75) is 47.1 Å². The summed E-state index contributed by atoms with van der Waals surface area (Å²) in [5.74, 6) is 6.02. The molecule has 0 atom stereocenters. The molecular weight excluding hydrogens is 250 g/mol. The van der Waals surface area contributed by atoms with Gasteiger partial charge in [0.05, 0.1) is 6.54 Å². The molecule has 0 saturated carbocycles. The summed E-state index contributed by atoms with van der Waals surface area (Å²) in [6, 6.07) is 4.20. The van der Waals surface area contributed by atoms with Gasteiger partial charge in [-0.05, 0) is 64.3 Å². The first kappa shape index (κ1) is 16.1. The molecule has 1 amide bonds. The standard InChI is InChI=1S/C17H23NO2/c1-12-10-14(3)15(11-13(12)2)8-7-9-18-16(19)20-17(4,5)6/h10-11H,9H2,1-6H3,(H,18,19). The summed E-state index contributed by atoms with van der Waals surface area (Å²) in [5.41, 5.74) is 4.15. The van der Waals surface area contributed by atoms with Gasteiger partial charge < -0.3 is 10.1 Å². The maximum absolute atomic E-state index is 11.4. The first-order valence-electron chi connectivity index (χ1n) is 6.72. The Bertz CT molecular complexity index is 557. The van der Waals surface area contributed by atoms with Gasteiger partial charge in [0, 0.05) is 5.56 Å². The van der Waals surface area contributed by atoms with Crippen molar-refractivity contribution in [1.29, 1.82) is 0 Å². The minimum absolute atomic E-state index is 0.279. The molecule has 0 fully saturated rings. The van der Waals surface area contributed by atoms with Crippen LogP contribution in [0.3, 0.4) is 0 Å². The van der Waals surface area contributed by atoms with Gasteiger partial charge >= 0.3 is 6.09 Å². The highest BCUT2D eigenvalue weighted by Gasteiger charge is 2.14. The Morgan fingerprint density at radius 1 is 1.15 bits per heavy atom. The maximum Gasteiger partial charge on any atom is 0.408 e. The summed E-state index contributed by atoms with van der Waals surface area (Å²) < 4.78 is 5.13. The fourth-order valence-corrected chi connectivity index (χ4v) is 1.67. The second-order valence-electron chi connectivity index (χ2n) is 5.91. The average Bonchev–Trinajstić information content (AvgIpc) is 2.28. The number of hydrogen-bond acceptors (Lipinski definition) is 2. The van der Waals surface area contributed by atoms with Crippen LogP contribution < -0.4 is 5.32 Å². The van der Waals surface area contributed by atoms with Gasteiger partial charge in [0.1, 0.15) is 5.60 Å². The van der Waals surface area contributed by atoms with Gasteiger partial charge in [-0.2, -0.15) is 0 Å². The first-order chi connectivity index (χ1) is 9.19. The lowest BCUT2D eigenvalue weighted by atomic mass is 10.0. The van der Waals surface area contributed by atoms with Gasteiger partial charge in [-0.15, -0.1) is 0 Å². The quantitative estimate of drug-likeness (QED) is 0.795. The van der Waals surface area contributed by atoms with E-state index in [2.05, 4.69) is 43.1 Å². The van der Waals surface area contributed by atoms with Crippen molar-refractivity contribution >= 4 is 6.09 Å². The van der Waals surface area contributed by atoms with E-state index in [9.17, 15) is 4.79 Å². The molecule has 1 rings (SSSR count). The molecule has 20 heavy (non-hydrogen) atoms. The molecular formula is C17H23NO2. The Hall–Kier alpha value is -1.95. The Kier molecular flexibility index (Phi) is 5.21. The molecule has 0 aliphatic rings. The second kappa shape index (κ2) is 6.47. The zero-order valence-corrected chi connectivity index (χ0v) is 13.2. The van der Waals surface area contributed by atoms with Crippen LogP contribution in [0.25, 0.3) is 0 Å². The van der Waals surface area contributed by atoms with E-state index in [-0.39, 0.29) is 6.54 Å². The minimum Gasteiger partial charge on any atom is -0.444 e. The van der Waals surface area contributed by atoms with E-state index >= 15 is 0 Å². The van der Waals surface area contributed by atoms with E-state index < -0.39 is 11.7 Å². The molecule has 0 aromatic heterocycles. The largest absolute Gasteiger partial charge is 0.444 e. The molecule has 1 aromatic carbocycles. The number of ether oxygens (including phenoxy) is 1. The highest BCUT2D eigenvalue weighted by molar-refractivity contribution is 5.68. The summed E-state index contributed by atoms with van der Waals surface area (Å²) in [4.78, 5) is 11.4. The van der Waals surface area contributed by atoms with E-state index in [0.29, 0.717) is 0 Å². The van der Waals surface area contributed by atoms with Crippen LogP contribution in [-0.2, 0) is 4.74 Å². The molecule has 0 heterocycles. The molecule has 0 aliphatic heterocycles. The molecule has 108 valence electrons. The lowest BCUT2D eigenvalue weighted by Gasteiger charge is -2.19. The first-order valence-corrected chi connectivity index (χ1v) is 6.72. The van der Waals surface area contributed by atoms with Gasteiger partial charge in [0.25, 0.3) is 0 Å². The lowest BCUT2D eigenvalue weighted by molar-refractivity contribution is 0.0535. The van der Waals surface area contributed by atoms with E-state index in [1.165, 1.54) is 11.1 Å². The number of benzene rings is 1. The third-order valence-corrected chi connectivity index (χ3v) is 2.78. The molecule has 0 unspecified atom stereocenters. The topological polar surface area (TPSA) is 38.3 Å². The number of amides is 1. The number of alkyl carbamates (subject to hydrolysis) is 1. The Morgan fingerprint density at radius 2 is 1.75 bits per heavy atom. The number of rotatable bonds is 1. The highest BCUT2D eigenvalue weighted by Crippen LogP contribution is 2.14. The Balaban J connectivity index is 2.60. The average molecular weight is 273 g/mol. The predicted octanol–water partition coefficient (Wildman–Crippen LogP) is 3.49. The molecule has 3 nitrogen and oxygen atoms in total. The van der Waals surface area contributed by atoms with Crippen LogP contribution in [0.4, 0.5) is 4.79 Å². The molecule has 1 aromatic rings. The third-order valence-electron chi connectivity index (χ3n) is 2.78. The van der Waals surface area contributed by atoms with Gasteiger partial charge in [0.2, 0.25) is 0 Å². The third kappa shape index (κ3) is 5.36. The summed E-state index contributed by atoms with van der Waals surface area (Å²) >= 11 is 0. The Labute approximate surface area is 121 Å². The number of carbonyl (C=O) groups excluding carboxylic acids is 1. The zero-order chi connectivity index (χ0) is 15.3. The molecule has 0 radical (unpaired) electrons. The van der Waals surface area contributed by atoms with E-state index in [1.807, 2.05) is 27.7 Å². The normalized spacial score (nSPS) is 10.5. The summed E-state index contributed by atoms with van der Waals surface area (Å²) in [6.45, 7) is 12.0. The molecule has 0 spiro atoms. The van der Waals surface area contributed by atoms with Gasteiger partial charge in [-0.3, -0.25) is 0 Å². The molecule has 3 heteroatoms. The summed E-state index contributed by atoms with van der Waals surface area (Å²) in [5, 5.41) is 2.62. The van der Waals surface area contributed by atoms with Gasteiger partial charge in [-0.25, -0.2) is 4.79 Å². The number of nitrogens with one attached hydrogen (secondary N) is 1. The van der Waals surface area contributed by atoms with Crippen LogP contribution in [0.5, 0.6) is 0 Å². The fraction of sp³-hybridized carbons (Fsp3) is 0.471. The van der Waals surface area contributed by atoms with Crippen molar-refractivity contribution in [3.8, 4) is 11.8 Å². The van der Waals surface area contributed by atoms with Crippen LogP contribution in [0.2, 0.25) is 0 Å². The summed E-state index contributed by atoms with van der Waals surface area (Å²) in [7, 11) is 0. The maximum atomic E-state index is 11.4. The Morgan fingerprint density at radius 3 is 2.35 bits per heavy atom. The van der Waals surface area contributed by atoms with Crippen LogP contribution in [0, 0.1) is 32.6 Å². The lowest BCUT2D eigenvalue weighted by Crippen LogP contribution is -2.32. The van der Waals surface area contributed by atoms with Crippen molar-refractivity contribution < 1.29 is 9.53 Å². The van der Waals surface area contributed by atoms with Gasteiger partial charge in [-0.1, -0.05) is 17.9 Å². The molecule has 0 aliphatic carbocycles. The van der Waals surface area contributed by atoms with Crippen molar-refractivity contribution in [3.05, 3.63) is 34.4 Å². The molecule has 0 saturated heterocycles. The minimum atomic E-state index is -0.484. The fourth-order valence-electron chi connectivity index (χ4n) is 1.67. The number of aryl methyl sites for hydroxylation is 3. The van der Waals surface area contributed by atoms with Crippen molar-refractivity contribution in [1.82, 2.24) is 5.32 Å². The van der Waals surface area contributed by atoms with Crippen LogP contribution in [0.1, 0.15) is 43.0 Å². The SMILES string of the molecule is Cc1cc(C)c(C#CCNC(=O)OC(C)(C)C)cc1C. The van der Waals surface area contributed by atoms with Gasteiger partial charge in [0.15, 0.2) is 0 Å². The van der Waals surface area contributed by atoms with E-state index in [1.54, 1.807) is 0 Å². The van der Waals surface area contributed by atoms with Crippen molar-refractivity contribution in [3.63, 3.8) is 0 Å². The smallest absolute Gasteiger partial charge is 0.408 e. The number of hydrogen-bond donors (Lipinski definition) is 1. The highest BCUT2D eigenvalue weighted by atomic mass is 16.6. The molecule has 0 bridgehead atoms. The number of carbonyl (C=O) groups is 1. The summed E-state index contributed by atoms with van der Waals surface area (Å²) in [6.07, 6.45) is -0.441. The van der Waals surface area contributed by atoms with Crippen LogP contribution in [-0.4, -0.2) is 18.2 Å². The van der Waals surface area contributed by atoms with E-state index in [4.69, 9.17) is 4.74 Å². The van der Waals surface area contributed by atoms with Crippen LogP contribution in [0.15, 0.2) is 12.1 Å². The molecule has 1 N–H and O–H groups in total. The zero-order valence-electron chi connectivity index (χ0n) is 13.2. The van der Waals surface area contributed by atoms with Crippen molar-refractivity contribution in [2.75, 3.05) is 6.54 Å². The second-order valence-corrected chi connectivity index (χ2v) is 5.91. The van der Waals surface area contributed by atoms with Crippen LogP contribution >= 0.6 is 0 Å². The monoisotopic (exact) mass is 273 g/mol. The van der Waals surface area contributed by atoms with Crippen molar-refractivity contribution in [2.24, 2.45) is 0 Å².